The van der Waals surface area contributed by atoms with E-state index in [0.717, 1.165) is 11.5 Å². The molecule has 0 aliphatic carbocycles. The van der Waals surface area contributed by atoms with Gasteiger partial charge in [0.2, 0.25) is 0 Å². The third kappa shape index (κ3) is 4.44. The molecular weight excluding hydrogens is 260 g/mol. The third-order valence-electron chi connectivity index (χ3n) is 2.01. The van der Waals surface area contributed by atoms with E-state index in [1.165, 1.54) is 0 Å². The van der Waals surface area contributed by atoms with Gasteiger partial charge >= 0.3 is 5.97 Å². The fourth-order valence-electron chi connectivity index (χ4n) is 1.26. The van der Waals surface area contributed by atoms with Crippen LogP contribution in [0.25, 0.3) is 0 Å². The molecule has 0 bridgehead atoms. The van der Waals surface area contributed by atoms with Crippen LogP contribution in [0.4, 0.5) is 5.82 Å². The zero-order valence-electron chi connectivity index (χ0n) is 9.74. The van der Waals surface area contributed by atoms with Gasteiger partial charge in [-0.25, -0.2) is 9.78 Å². The van der Waals surface area contributed by atoms with E-state index in [1.807, 2.05) is 18.7 Å². The Balaban J connectivity index is 2.72. The van der Waals surface area contributed by atoms with Crippen LogP contribution >= 0.6 is 23.4 Å². The highest BCUT2D eigenvalue weighted by molar-refractivity contribution is 7.99. The van der Waals surface area contributed by atoms with Crippen LogP contribution in [0.5, 0.6) is 0 Å². The van der Waals surface area contributed by atoms with Gasteiger partial charge in [0.1, 0.15) is 5.82 Å². The van der Waals surface area contributed by atoms with Crippen LogP contribution in [0, 0.1) is 0 Å². The first-order chi connectivity index (χ1) is 8.04. The van der Waals surface area contributed by atoms with Crippen molar-refractivity contribution in [3.8, 4) is 0 Å². The highest BCUT2D eigenvalue weighted by Crippen LogP contribution is 2.17. The fourth-order valence-corrected chi connectivity index (χ4v) is 2.12. The molecule has 2 N–H and O–H groups in total. The number of carbonyl (C=O) groups is 1. The van der Waals surface area contributed by atoms with Gasteiger partial charge in [0.25, 0.3) is 0 Å². The predicted octanol–water partition coefficient (Wildman–Crippen LogP) is 2.99. The van der Waals surface area contributed by atoms with Gasteiger partial charge in [-0.15, -0.1) is 0 Å². The van der Waals surface area contributed by atoms with Gasteiger partial charge in [-0.1, -0.05) is 18.5 Å². The number of nitrogens with zero attached hydrogens (tertiary/aromatic N) is 1. The van der Waals surface area contributed by atoms with Gasteiger partial charge in [0.05, 0.1) is 5.02 Å². The van der Waals surface area contributed by atoms with Crippen LogP contribution in [-0.4, -0.2) is 33.6 Å². The van der Waals surface area contributed by atoms with E-state index in [2.05, 4.69) is 17.2 Å². The number of thioether (sulfide) groups is 1. The molecule has 1 unspecified atom stereocenters. The van der Waals surface area contributed by atoms with Gasteiger partial charge in [-0.2, -0.15) is 11.8 Å². The van der Waals surface area contributed by atoms with E-state index in [4.69, 9.17) is 16.7 Å². The van der Waals surface area contributed by atoms with Crippen molar-refractivity contribution in [1.29, 1.82) is 0 Å². The van der Waals surface area contributed by atoms with Crippen LogP contribution < -0.4 is 5.32 Å². The van der Waals surface area contributed by atoms with Gasteiger partial charge in [-0.05, 0) is 24.8 Å². The molecule has 0 amide bonds. The number of aromatic carboxylic acids is 1. The number of halogens is 1. The predicted molar refractivity (Wildman–Crippen MR) is 72.3 cm³/mol. The van der Waals surface area contributed by atoms with Crippen LogP contribution in [0.3, 0.4) is 0 Å². The molecule has 0 aromatic carbocycles. The number of nitrogens with one attached hydrogen (secondary N) is 1. The fraction of sp³-hybridized carbons (Fsp3) is 0.455. The van der Waals surface area contributed by atoms with Crippen molar-refractivity contribution < 1.29 is 9.90 Å². The minimum atomic E-state index is -1.12. The minimum absolute atomic E-state index is 0.119. The number of hydrogen-bond acceptors (Lipinski definition) is 4. The molecule has 0 saturated carbocycles. The monoisotopic (exact) mass is 274 g/mol. The summed E-state index contributed by atoms with van der Waals surface area (Å²) in [5, 5.41) is 12.2. The number of hydrogen-bond donors (Lipinski definition) is 2. The van der Waals surface area contributed by atoms with Crippen molar-refractivity contribution in [3.63, 3.8) is 0 Å². The molecule has 1 atom stereocenters. The van der Waals surface area contributed by atoms with Gasteiger partial charge < -0.3 is 10.4 Å². The SMILES string of the molecule is CCSCC(C)Nc1ccc(Cl)c(C(=O)O)n1. The molecule has 4 nitrogen and oxygen atoms in total. The lowest BCUT2D eigenvalue weighted by molar-refractivity contribution is 0.0691. The Kier molecular flexibility index (Phi) is 5.58. The number of pyridine rings is 1. The maximum absolute atomic E-state index is 10.9. The number of carboxylic acids is 1. The molecule has 1 aromatic rings. The first kappa shape index (κ1) is 14.1. The van der Waals surface area contributed by atoms with E-state index in [9.17, 15) is 4.79 Å². The van der Waals surface area contributed by atoms with Crippen molar-refractivity contribution in [2.24, 2.45) is 0 Å². The maximum Gasteiger partial charge on any atom is 0.356 e. The molecular formula is C11H15ClN2O2S. The Morgan fingerprint density at radius 2 is 2.35 bits per heavy atom. The Bertz CT molecular complexity index is 401. The Hall–Kier alpha value is -0.940. The molecule has 0 aliphatic rings. The zero-order valence-corrected chi connectivity index (χ0v) is 11.3. The molecule has 0 spiro atoms. The maximum atomic E-state index is 10.9. The van der Waals surface area contributed by atoms with E-state index < -0.39 is 5.97 Å². The topological polar surface area (TPSA) is 62.2 Å². The number of carboxylic acid groups (broad SMARTS) is 1. The molecule has 0 saturated heterocycles. The summed E-state index contributed by atoms with van der Waals surface area (Å²) in [5.74, 6) is 1.43. The highest BCUT2D eigenvalue weighted by Gasteiger charge is 2.12. The summed E-state index contributed by atoms with van der Waals surface area (Å²) in [5.41, 5.74) is -0.119. The largest absolute Gasteiger partial charge is 0.476 e. The second-order valence-corrected chi connectivity index (χ2v) is 5.26. The summed E-state index contributed by atoms with van der Waals surface area (Å²) in [6, 6.07) is 3.46. The molecule has 17 heavy (non-hydrogen) atoms. The molecule has 0 radical (unpaired) electrons. The van der Waals surface area contributed by atoms with E-state index in [1.54, 1.807) is 12.1 Å². The molecule has 1 heterocycles. The molecule has 6 heteroatoms. The first-order valence-corrected chi connectivity index (χ1v) is 6.82. The van der Waals surface area contributed by atoms with Crippen molar-refractivity contribution in [1.82, 2.24) is 4.98 Å². The standard InChI is InChI=1S/C11H15ClN2O2S/c1-3-17-6-7(2)13-9-5-4-8(12)10(14-9)11(15)16/h4-5,7H,3,6H2,1-2H3,(H,13,14)(H,15,16). The molecule has 0 fully saturated rings. The molecule has 1 rings (SSSR count). The summed E-state index contributed by atoms with van der Waals surface area (Å²) < 4.78 is 0. The first-order valence-electron chi connectivity index (χ1n) is 5.28. The lowest BCUT2D eigenvalue weighted by Crippen LogP contribution is -2.19. The normalized spacial score (nSPS) is 12.2. The van der Waals surface area contributed by atoms with E-state index in [0.29, 0.717) is 5.82 Å². The second-order valence-electron chi connectivity index (χ2n) is 3.54. The minimum Gasteiger partial charge on any atom is -0.476 e. The Labute approximate surface area is 110 Å². The van der Waals surface area contributed by atoms with Crippen molar-refractivity contribution >= 4 is 35.1 Å². The average Bonchev–Trinajstić information content (AvgIpc) is 2.28. The quantitative estimate of drug-likeness (QED) is 0.835. The summed E-state index contributed by atoms with van der Waals surface area (Å²) in [6.45, 7) is 4.12. The van der Waals surface area contributed by atoms with Crippen molar-refractivity contribution in [3.05, 3.63) is 22.8 Å². The van der Waals surface area contributed by atoms with Crippen molar-refractivity contribution in [2.45, 2.75) is 19.9 Å². The van der Waals surface area contributed by atoms with Gasteiger partial charge in [0, 0.05) is 11.8 Å². The van der Waals surface area contributed by atoms with Crippen LogP contribution in [0.15, 0.2) is 12.1 Å². The highest BCUT2D eigenvalue weighted by atomic mass is 35.5. The van der Waals surface area contributed by atoms with E-state index >= 15 is 0 Å². The van der Waals surface area contributed by atoms with Crippen molar-refractivity contribution in [2.75, 3.05) is 16.8 Å². The van der Waals surface area contributed by atoms with E-state index in [-0.39, 0.29) is 16.8 Å². The Morgan fingerprint density at radius 3 is 2.94 bits per heavy atom. The summed E-state index contributed by atoms with van der Waals surface area (Å²) in [7, 11) is 0. The van der Waals surface area contributed by atoms with Crippen LogP contribution in [-0.2, 0) is 0 Å². The molecule has 0 aliphatic heterocycles. The lowest BCUT2D eigenvalue weighted by Gasteiger charge is -2.14. The third-order valence-corrected chi connectivity index (χ3v) is 3.46. The number of anilines is 1. The lowest BCUT2D eigenvalue weighted by atomic mass is 10.3. The summed E-state index contributed by atoms with van der Waals surface area (Å²) >= 11 is 7.55. The second kappa shape index (κ2) is 6.71. The van der Waals surface area contributed by atoms with Gasteiger partial charge in [-0.3, -0.25) is 0 Å². The number of aromatic nitrogens is 1. The number of rotatable bonds is 6. The summed E-state index contributed by atoms with van der Waals surface area (Å²) in [6.07, 6.45) is 0. The molecule has 94 valence electrons. The smallest absolute Gasteiger partial charge is 0.356 e. The van der Waals surface area contributed by atoms with Gasteiger partial charge in [0.15, 0.2) is 5.69 Å². The Morgan fingerprint density at radius 1 is 1.65 bits per heavy atom. The van der Waals surface area contributed by atoms with Crippen LogP contribution in [0.2, 0.25) is 5.02 Å². The molecule has 1 aromatic heterocycles. The zero-order chi connectivity index (χ0) is 12.8. The average molecular weight is 275 g/mol. The van der Waals surface area contributed by atoms with Crippen LogP contribution in [0.1, 0.15) is 24.3 Å². The summed E-state index contributed by atoms with van der Waals surface area (Å²) in [4.78, 5) is 14.8.